The lowest BCUT2D eigenvalue weighted by atomic mass is 10.1. The summed E-state index contributed by atoms with van der Waals surface area (Å²) in [5, 5.41) is 12.6. The van der Waals surface area contributed by atoms with Gasteiger partial charge in [-0.25, -0.2) is 0 Å². The van der Waals surface area contributed by atoms with E-state index in [0.29, 0.717) is 36.0 Å². The van der Waals surface area contributed by atoms with E-state index in [2.05, 4.69) is 32.6 Å². The van der Waals surface area contributed by atoms with Gasteiger partial charge < -0.3 is 9.73 Å². The van der Waals surface area contributed by atoms with Gasteiger partial charge in [0, 0.05) is 30.3 Å². The largest absolute Gasteiger partial charge is 0.461 e. The lowest BCUT2D eigenvalue weighted by molar-refractivity contribution is 0.0950. The Labute approximate surface area is 207 Å². The minimum absolute atomic E-state index is 0.111. The van der Waals surface area contributed by atoms with Crippen LogP contribution in [0.3, 0.4) is 0 Å². The molecule has 0 aliphatic rings. The number of rotatable bonds is 9. The highest BCUT2D eigenvalue weighted by Gasteiger charge is 2.18. The van der Waals surface area contributed by atoms with E-state index >= 15 is 0 Å². The van der Waals surface area contributed by atoms with Gasteiger partial charge in [0.25, 0.3) is 5.91 Å². The van der Waals surface area contributed by atoms with Crippen LogP contribution in [0.5, 0.6) is 0 Å². The zero-order valence-corrected chi connectivity index (χ0v) is 19.7. The fraction of sp³-hybridized carbons (Fsp3) is 0.111. The average Bonchev–Trinajstić information content (AvgIpc) is 3.58. The van der Waals surface area contributed by atoms with Gasteiger partial charge in [0.2, 0.25) is 5.82 Å². The Morgan fingerprint density at radius 3 is 2.49 bits per heavy atom. The molecule has 174 valence electrons. The average molecular weight is 482 g/mol. The molecule has 8 heteroatoms. The lowest BCUT2D eigenvalue weighted by Crippen LogP contribution is -2.23. The maximum atomic E-state index is 12.9. The van der Waals surface area contributed by atoms with E-state index < -0.39 is 0 Å². The molecule has 0 aliphatic heterocycles. The molecule has 0 unspecified atom stereocenters. The summed E-state index contributed by atoms with van der Waals surface area (Å²) in [6, 6.07) is 25.3. The number of hydrogen-bond donors (Lipinski definition) is 1. The second-order valence-corrected chi connectivity index (χ2v) is 8.78. The molecule has 7 nitrogen and oxygen atoms in total. The van der Waals surface area contributed by atoms with Gasteiger partial charge in [0.05, 0.1) is 12.8 Å². The number of amides is 1. The Kier molecular flexibility index (Phi) is 7.00. The van der Waals surface area contributed by atoms with Crippen LogP contribution in [-0.4, -0.2) is 25.7 Å². The van der Waals surface area contributed by atoms with Crippen LogP contribution < -0.4 is 5.32 Å². The SMILES string of the molecule is O=C(NCc1ccncc1)c1ccccc1CSc1nnc(-c2ccco2)n1Cc1ccccc1. The molecule has 5 aromatic rings. The molecule has 0 atom stereocenters. The third-order valence-corrected chi connectivity index (χ3v) is 6.48. The van der Waals surface area contributed by atoms with Crippen LogP contribution in [0.15, 0.2) is 107 Å². The molecule has 1 N–H and O–H groups in total. The molecule has 2 aromatic carbocycles. The Balaban J connectivity index is 1.35. The summed E-state index contributed by atoms with van der Waals surface area (Å²) in [4.78, 5) is 17.0. The fourth-order valence-electron chi connectivity index (χ4n) is 3.68. The number of carbonyl (C=O) groups excluding carboxylic acids is 1. The van der Waals surface area contributed by atoms with Crippen molar-refractivity contribution in [3.8, 4) is 11.6 Å². The first-order valence-corrected chi connectivity index (χ1v) is 12.2. The van der Waals surface area contributed by atoms with Gasteiger partial charge in [0.15, 0.2) is 10.9 Å². The first-order valence-electron chi connectivity index (χ1n) is 11.2. The summed E-state index contributed by atoms with van der Waals surface area (Å²) in [7, 11) is 0. The van der Waals surface area contributed by atoms with Gasteiger partial charge in [-0.1, -0.05) is 60.3 Å². The number of benzene rings is 2. The maximum Gasteiger partial charge on any atom is 0.251 e. The van der Waals surface area contributed by atoms with Crippen molar-refractivity contribution in [2.24, 2.45) is 0 Å². The number of nitrogens with one attached hydrogen (secondary N) is 1. The van der Waals surface area contributed by atoms with Crippen molar-refractivity contribution in [3.05, 3.63) is 120 Å². The van der Waals surface area contributed by atoms with E-state index in [1.165, 1.54) is 0 Å². The Morgan fingerprint density at radius 2 is 1.69 bits per heavy atom. The lowest BCUT2D eigenvalue weighted by Gasteiger charge is -2.12. The van der Waals surface area contributed by atoms with Crippen LogP contribution in [-0.2, 0) is 18.8 Å². The van der Waals surface area contributed by atoms with E-state index in [4.69, 9.17) is 4.42 Å². The zero-order chi connectivity index (χ0) is 23.9. The van der Waals surface area contributed by atoms with E-state index in [9.17, 15) is 4.79 Å². The number of nitrogens with zero attached hydrogens (tertiary/aromatic N) is 4. The number of aromatic nitrogens is 4. The Hall–Kier alpha value is -4.17. The Bertz CT molecular complexity index is 1390. The minimum Gasteiger partial charge on any atom is -0.461 e. The summed E-state index contributed by atoms with van der Waals surface area (Å²) in [5.74, 6) is 1.80. The van der Waals surface area contributed by atoms with Gasteiger partial charge >= 0.3 is 0 Å². The first kappa shape index (κ1) is 22.6. The quantitative estimate of drug-likeness (QED) is 0.291. The number of thioether (sulfide) groups is 1. The zero-order valence-electron chi connectivity index (χ0n) is 18.9. The third-order valence-electron chi connectivity index (χ3n) is 5.46. The summed E-state index contributed by atoms with van der Waals surface area (Å²) in [5.41, 5.74) is 3.71. The molecular formula is C27H23N5O2S. The number of carbonyl (C=O) groups is 1. The molecule has 3 heterocycles. The molecule has 0 saturated carbocycles. The van der Waals surface area contributed by atoms with Crippen molar-refractivity contribution >= 4 is 17.7 Å². The van der Waals surface area contributed by atoms with E-state index in [1.807, 2.05) is 71.3 Å². The van der Waals surface area contributed by atoms with Gasteiger partial charge in [-0.05, 0) is 47.0 Å². The molecule has 5 rings (SSSR count). The molecule has 3 aromatic heterocycles. The van der Waals surface area contributed by atoms with Crippen LogP contribution in [0.4, 0.5) is 0 Å². The van der Waals surface area contributed by atoms with Crippen LogP contribution in [0.2, 0.25) is 0 Å². The highest BCUT2D eigenvalue weighted by molar-refractivity contribution is 7.98. The molecule has 1 amide bonds. The number of pyridine rings is 1. The molecule has 0 saturated heterocycles. The fourth-order valence-corrected chi connectivity index (χ4v) is 4.62. The summed E-state index contributed by atoms with van der Waals surface area (Å²) in [6.45, 7) is 1.06. The van der Waals surface area contributed by atoms with Gasteiger partial charge in [-0.15, -0.1) is 10.2 Å². The van der Waals surface area contributed by atoms with E-state index in [1.54, 1.807) is 30.4 Å². The maximum absolute atomic E-state index is 12.9. The van der Waals surface area contributed by atoms with E-state index in [-0.39, 0.29) is 5.91 Å². The van der Waals surface area contributed by atoms with Gasteiger partial charge in [0.1, 0.15) is 0 Å². The highest BCUT2D eigenvalue weighted by atomic mass is 32.2. The molecule has 0 radical (unpaired) electrons. The van der Waals surface area contributed by atoms with E-state index in [0.717, 1.165) is 21.8 Å². The van der Waals surface area contributed by atoms with Crippen LogP contribution >= 0.6 is 11.8 Å². The molecule has 0 fully saturated rings. The topological polar surface area (TPSA) is 85.8 Å². The predicted octanol–water partition coefficient (Wildman–Crippen LogP) is 5.20. The van der Waals surface area contributed by atoms with Crippen molar-refractivity contribution < 1.29 is 9.21 Å². The standard InChI is InChI=1S/C27H23N5O2S/c33-26(29-17-20-12-14-28-15-13-20)23-10-5-4-9-22(23)19-35-27-31-30-25(24-11-6-16-34-24)32(27)18-21-7-2-1-3-8-21/h1-16H,17-19H2,(H,29,33). The van der Waals surface area contributed by atoms with Crippen molar-refractivity contribution in [3.63, 3.8) is 0 Å². The molecule has 0 bridgehead atoms. The summed E-state index contributed by atoms with van der Waals surface area (Å²) in [6.07, 6.45) is 5.06. The molecule has 0 aliphatic carbocycles. The van der Waals surface area contributed by atoms with Crippen LogP contribution in [0.25, 0.3) is 11.6 Å². The number of furan rings is 1. The summed E-state index contributed by atoms with van der Waals surface area (Å²) < 4.78 is 7.65. The normalized spacial score (nSPS) is 10.9. The second kappa shape index (κ2) is 10.8. The van der Waals surface area contributed by atoms with Crippen molar-refractivity contribution in [2.75, 3.05) is 0 Å². The van der Waals surface area contributed by atoms with Crippen LogP contribution in [0, 0.1) is 0 Å². The second-order valence-electron chi connectivity index (χ2n) is 7.84. The van der Waals surface area contributed by atoms with Gasteiger partial charge in [-0.3, -0.25) is 14.3 Å². The third kappa shape index (κ3) is 5.50. The monoisotopic (exact) mass is 481 g/mol. The first-order chi connectivity index (χ1) is 17.3. The van der Waals surface area contributed by atoms with Gasteiger partial charge in [-0.2, -0.15) is 0 Å². The van der Waals surface area contributed by atoms with Crippen molar-refractivity contribution in [1.82, 2.24) is 25.1 Å². The molecule has 35 heavy (non-hydrogen) atoms. The van der Waals surface area contributed by atoms with Crippen LogP contribution in [0.1, 0.15) is 27.0 Å². The van der Waals surface area contributed by atoms with Crippen molar-refractivity contribution in [1.29, 1.82) is 0 Å². The molecule has 0 spiro atoms. The Morgan fingerprint density at radius 1 is 0.886 bits per heavy atom. The van der Waals surface area contributed by atoms with Crippen molar-refractivity contribution in [2.45, 2.75) is 24.0 Å². The summed E-state index contributed by atoms with van der Waals surface area (Å²) >= 11 is 1.54. The molecular weight excluding hydrogens is 458 g/mol. The smallest absolute Gasteiger partial charge is 0.251 e. The number of hydrogen-bond acceptors (Lipinski definition) is 6. The predicted molar refractivity (Wildman–Crippen MR) is 135 cm³/mol. The minimum atomic E-state index is -0.111. The highest BCUT2D eigenvalue weighted by Crippen LogP contribution is 2.28.